The molecule has 2 atom stereocenters. The molecule has 0 spiro atoms. The second-order valence-corrected chi connectivity index (χ2v) is 11.5. The van der Waals surface area contributed by atoms with E-state index in [9.17, 15) is 0 Å². The van der Waals surface area contributed by atoms with Gasteiger partial charge in [0.05, 0.1) is 17.1 Å². The molecule has 0 bridgehead atoms. The summed E-state index contributed by atoms with van der Waals surface area (Å²) >= 11 is 0. The average Bonchev–Trinajstić information content (AvgIpc) is 3.60. The van der Waals surface area contributed by atoms with Crippen LogP contribution in [-0.4, -0.2) is 76.8 Å². The first-order valence-corrected chi connectivity index (χ1v) is 15.2. The number of rotatable bonds is 9. The summed E-state index contributed by atoms with van der Waals surface area (Å²) in [6.45, 7) is 7.51. The number of nitrogens with one attached hydrogen (secondary N) is 1. The second kappa shape index (κ2) is 12.8. The molecule has 222 valence electrons. The third kappa shape index (κ3) is 5.85. The van der Waals surface area contributed by atoms with Gasteiger partial charge in [0.2, 0.25) is 0 Å². The number of aromatic nitrogens is 3. The van der Waals surface area contributed by atoms with Crippen molar-refractivity contribution in [1.82, 2.24) is 24.3 Å². The summed E-state index contributed by atoms with van der Waals surface area (Å²) in [5.74, 6) is -1.05. The molecule has 1 aliphatic carbocycles. The summed E-state index contributed by atoms with van der Waals surface area (Å²) in [5.41, 5.74) is 3.10. The van der Waals surface area contributed by atoms with E-state index >= 15 is 8.78 Å². The Morgan fingerprint density at radius 3 is 2.62 bits per heavy atom. The van der Waals surface area contributed by atoms with E-state index in [1.807, 2.05) is 12.3 Å². The highest BCUT2D eigenvalue weighted by Crippen LogP contribution is 2.28. The summed E-state index contributed by atoms with van der Waals surface area (Å²) in [4.78, 5) is 13.3. The van der Waals surface area contributed by atoms with Crippen LogP contribution in [0.25, 0.3) is 29.0 Å². The first kappa shape index (κ1) is 28.6. The van der Waals surface area contributed by atoms with Gasteiger partial charge in [-0.2, -0.15) is 0 Å². The van der Waals surface area contributed by atoms with Gasteiger partial charge in [0.15, 0.2) is 5.82 Å². The van der Waals surface area contributed by atoms with Gasteiger partial charge in [-0.3, -0.25) is 0 Å². The molecule has 2 unspecified atom stereocenters. The van der Waals surface area contributed by atoms with Crippen LogP contribution in [0.4, 0.5) is 14.5 Å². The minimum absolute atomic E-state index is 0.0902. The summed E-state index contributed by atoms with van der Waals surface area (Å²) in [7, 11) is 2.15. The molecular weight excluding hydrogens is 534 g/mol. The fraction of sp³-hybridized carbons (Fsp3) is 0.455. The Balaban J connectivity index is 1.41. The standard InChI is InChI=1S/C33H40F2N6O/c1-3-23-18-26-27(24-19-36-22-37-20-24)21-41(31(26)11-10-30(23)40-15-13-39(2)14-16-40)33-28(34)8-9-29(32(33)35)38-12-4-6-25-7-5-17-42-25/h8-11,18-23,25,38H,3-7,12-17H2,1-2H3. The zero-order valence-corrected chi connectivity index (χ0v) is 24.5. The molecule has 0 saturated carbocycles. The maximum absolute atomic E-state index is 16.2. The molecule has 2 aromatic heterocycles. The zero-order chi connectivity index (χ0) is 29.1. The first-order valence-electron chi connectivity index (χ1n) is 15.2. The maximum Gasteiger partial charge on any atom is 0.173 e. The van der Waals surface area contributed by atoms with Crippen LogP contribution in [0.5, 0.6) is 0 Å². The number of anilines is 1. The monoisotopic (exact) mass is 574 g/mol. The van der Waals surface area contributed by atoms with Crippen LogP contribution in [0.3, 0.4) is 0 Å². The number of piperazine rings is 1. The fourth-order valence-electron chi connectivity index (χ4n) is 6.36. The lowest BCUT2D eigenvalue weighted by Crippen LogP contribution is -2.44. The minimum Gasteiger partial charge on any atom is -0.383 e. The van der Waals surface area contributed by atoms with E-state index in [1.165, 1.54) is 24.2 Å². The smallest absolute Gasteiger partial charge is 0.173 e. The van der Waals surface area contributed by atoms with Crippen molar-refractivity contribution in [2.24, 2.45) is 5.92 Å². The summed E-state index contributed by atoms with van der Waals surface area (Å²) in [5, 5.41) is 4.88. The Kier molecular flexibility index (Phi) is 8.67. The number of hydrogen-bond donors (Lipinski definition) is 1. The van der Waals surface area contributed by atoms with E-state index in [0.717, 1.165) is 86.6 Å². The van der Waals surface area contributed by atoms with Gasteiger partial charge in [-0.1, -0.05) is 13.0 Å². The van der Waals surface area contributed by atoms with Crippen LogP contribution in [0.15, 0.2) is 48.8 Å². The number of nitrogens with zero attached hydrogens (tertiary/aromatic N) is 5. The van der Waals surface area contributed by atoms with Crippen LogP contribution in [-0.2, 0) is 4.74 Å². The molecule has 1 N–H and O–H groups in total. The number of hydrogen-bond acceptors (Lipinski definition) is 6. The number of allylic oxidation sites excluding steroid dienone is 2. The normalized spacial score (nSPS) is 20.9. The summed E-state index contributed by atoms with van der Waals surface area (Å²) < 4.78 is 39.1. The van der Waals surface area contributed by atoms with Crippen molar-refractivity contribution in [3.63, 3.8) is 0 Å². The summed E-state index contributed by atoms with van der Waals surface area (Å²) in [6, 6.07) is 2.84. The average molecular weight is 575 g/mol. The Hall–Kier alpha value is -3.56. The highest BCUT2D eigenvalue weighted by Gasteiger charge is 2.25. The number of halogens is 2. The number of likely N-dealkylation sites (N-methyl/N-ethyl adjacent to an activating group) is 1. The van der Waals surface area contributed by atoms with Crippen molar-refractivity contribution < 1.29 is 13.5 Å². The molecule has 9 heteroatoms. The van der Waals surface area contributed by atoms with Gasteiger partial charge in [0, 0.05) is 85.9 Å². The molecule has 2 saturated heterocycles. The predicted molar refractivity (Wildman–Crippen MR) is 163 cm³/mol. The molecule has 1 aromatic carbocycles. The third-order valence-electron chi connectivity index (χ3n) is 8.77. The summed E-state index contributed by atoms with van der Waals surface area (Å²) in [6.07, 6.45) is 18.4. The molecule has 3 aliphatic rings. The molecule has 3 aromatic rings. The van der Waals surface area contributed by atoms with E-state index < -0.39 is 11.6 Å². The second-order valence-electron chi connectivity index (χ2n) is 11.5. The van der Waals surface area contributed by atoms with Crippen LogP contribution in [0.1, 0.15) is 39.0 Å². The van der Waals surface area contributed by atoms with Crippen LogP contribution < -0.4 is 15.9 Å². The van der Waals surface area contributed by atoms with Crippen LogP contribution in [0.2, 0.25) is 0 Å². The van der Waals surface area contributed by atoms with Crippen LogP contribution in [0, 0.1) is 17.6 Å². The predicted octanol–water partition coefficient (Wildman–Crippen LogP) is 4.32. The van der Waals surface area contributed by atoms with Crippen molar-refractivity contribution in [3.05, 3.63) is 71.0 Å². The molecule has 0 radical (unpaired) electrons. The SMILES string of the molecule is CCC1C=c2c(-c3cncnc3)cn(-c3c(F)ccc(NCCCC4CCCO4)c3F)c2=CC=C1N1CCN(C)CC1. The van der Waals surface area contributed by atoms with Crippen molar-refractivity contribution in [2.45, 2.75) is 45.1 Å². The molecular formula is C33H40F2N6O. The van der Waals surface area contributed by atoms with E-state index in [2.05, 4.69) is 51.2 Å². The number of fused-ring (bicyclic) bond motifs is 1. The van der Waals surface area contributed by atoms with Gasteiger partial charge in [-0.05, 0) is 63.4 Å². The van der Waals surface area contributed by atoms with E-state index in [-0.39, 0.29) is 11.6 Å². The topological polar surface area (TPSA) is 58.5 Å². The number of ether oxygens (including phenoxy) is 1. The highest BCUT2D eigenvalue weighted by atomic mass is 19.1. The Labute approximate surface area is 246 Å². The van der Waals surface area contributed by atoms with Crippen LogP contribution >= 0.6 is 0 Å². The van der Waals surface area contributed by atoms with Crippen molar-refractivity contribution in [2.75, 3.05) is 51.7 Å². The van der Waals surface area contributed by atoms with E-state index in [1.54, 1.807) is 17.0 Å². The Morgan fingerprint density at radius 1 is 1.07 bits per heavy atom. The maximum atomic E-state index is 16.2. The number of benzene rings is 1. The fourth-order valence-corrected chi connectivity index (χ4v) is 6.36. The molecule has 2 fully saturated rings. The zero-order valence-electron chi connectivity index (χ0n) is 24.5. The van der Waals surface area contributed by atoms with Gasteiger partial charge >= 0.3 is 0 Å². The quantitative estimate of drug-likeness (QED) is 0.385. The lowest BCUT2D eigenvalue weighted by atomic mass is 9.98. The van der Waals surface area contributed by atoms with Gasteiger partial charge in [0.25, 0.3) is 0 Å². The molecule has 42 heavy (non-hydrogen) atoms. The minimum atomic E-state index is -0.612. The largest absolute Gasteiger partial charge is 0.383 e. The molecule has 2 aliphatic heterocycles. The van der Waals surface area contributed by atoms with Crippen molar-refractivity contribution in [1.29, 1.82) is 0 Å². The van der Waals surface area contributed by atoms with E-state index in [0.29, 0.717) is 18.3 Å². The van der Waals surface area contributed by atoms with Crippen molar-refractivity contribution >= 4 is 17.8 Å². The van der Waals surface area contributed by atoms with Gasteiger partial charge < -0.3 is 24.4 Å². The highest BCUT2D eigenvalue weighted by molar-refractivity contribution is 5.68. The molecule has 6 rings (SSSR count). The molecule has 0 amide bonds. The van der Waals surface area contributed by atoms with Gasteiger partial charge in [0.1, 0.15) is 17.8 Å². The van der Waals surface area contributed by atoms with Gasteiger partial charge in [-0.15, -0.1) is 0 Å². The third-order valence-corrected chi connectivity index (χ3v) is 8.77. The first-order chi connectivity index (χ1) is 20.5. The van der Waals surface area contributed by atoms with Crippen molar-refractivity contribution in [3.8, 4) is 16.8 Å². The Morgan fingerprint density at radius 2 is 1.88 bits per heavy atom. The molecule has 7 nitrogen and oxygen atoms in total. The lowest BCUT2D eigenvalue weighted by molar-refractivity contribution is 0.103. The lowest BCUT2D eigenvalue weighted by Gasteiger charge is -2.37. The Bertz CT molecular complexity index is 1540. The van der Waals surface area contributed by atoms with Gasteiger partial charge in [-0.25, -0.2) is 18.7 Å². The molecule has 4 heterocycles. The van der Waals surface area contributed by atoms with E-state index in [4.69, 9.17) is 4.74 Å².